The molecule has 2 N–H and O–H groups in total. The minimum absolute atomic E-state index is 0.237. The molecule has 0 saturated carbocycles. The SMILES string of the molecule is CC(C)C[C@@H](NC(=O)c1ccc(COc2ccccc2)o1)c1nc2ccccc2[nH]1. The number of H-pyrrole nitrogens is 1. The zero-order chi connectivity index (χ0) is 20.9. The molecule has 0 unspecified atom stereocenters. The lowest BCUT2D eigenvalue weighted by Crippen LogP contribution is -2.30. The number of furan rings is 1. The first-order valence-electron chi connectivity index (χ1n) is 10.1. The van der Waals surface area contributed by atoms with Crippen molar-refractivity contribution in [3.05, 3.63) is 84.1 Å². The molecule has 2 aromatic heterocycles. The number of aromatic nitrogens is 2. The van der Waals surface area contributed by atoms with E-state index in [0.717, 1.165) is 29.0 Å². The van der Waals surface area contributed by atoms with Crippen LogP contribution in [0.2, 0.25) is 0 Å². The lowest BCUT2D eigenvalue weighted by Gasteiger charge is -2.18. The van der Waals surface area contributed by atoms with Crippen LogP contribution >= 0.6 is 0 Å². The Labute approximate surface area is 175 Å². The lowest BCUT2D eigenvalue weighted by atomic mass is 10.0. The molecule has 0 aliphatic rings. The summed E-state index contributed by atoms with van der Waals surface area (Å²) in [5.41, 5.74) is 1.84. The highest BCUT2D eigenvalue weighted by Gasteiger charge is 2.22. The first-order chi connectivity index (χ1) is 14.6. The van der Waals surface area contributed by atoms with Gasteiger partial charge in [0.1, 0.15) is 23.9 Å². The molecule has 2 heterocycles. The van der Waals surface area contributed by atoms with E-state index in [0.29, 0.717) is 11.7 Å². The molecule has 6 heteroatoms. The van der Waals surface area contributed by atoms with Crippen LogP contribution in [0.1, 0.15) is 48.4 Å². The van der Waals surface area contributed by atoms with Crippen LogP contribution in [0.25, 0.3) is 11.0 Å². The molecule has 0 saturated heterocycles. The Morgan fingerprint density at radius 3 is 2.60 bits per heavy atom. The molecule has 6 nitrogen and oxygen atoms in total. The number of ether oxygens (including phenoxy) is 1. The second-order valence-corrected chi connectivity index (χ2v) is 7.66. The van der Waals surface area contributed by atoms with Gasteiger partial charge in [0.2, 0.25) is 0 Å². The van der Waals surface area contributed by atoms with Gasteiger partial charge in [0, 0.05) is 0 Å². The second kappa shape index (κ2) is 8.86. The standard InChI is InChI=1S/C24H25N3O3/c1-16(2)14-21(23-25-19-10-6-7-11-20(19)26-23)27-24(28)22-13-12-18(30-22)15-29-17-8-4-3-5-9-17/h3-13,16,21H,14-15H2,1-2H3,(H,25,26)(H,27,28)/t21-/m1/s1. The van der Waals surface area contributed by atoms with Gasteiger partial charge in [0.15, 0.2) is 5.76 Å². The number of para-hydroxylation sites is 3. The molecule has 4 rings (SSSR count). The first-order valence-corrected chi connectivity index (χ1v) is 10.1. The quantitative estimate of drug-likeness (QED) is 0.421. The lowest BCUT2D eigenvalue weighted by molar-refractivity contribution is 0.0898. The Morgan fingerprint density at radius 1 is 1.07 bits per heavy atom. The Bertz CT molecular complexity index is 1080. The number of hydrogen-bond donors (Lipinski definition) is 2. The molecule has 1 amide bonds. The first kappa shape index (κ1) is 19.8. The fraction of sp³-hybridized carbons (Fsp3) is 0.250. The van der Waals surface area contributed by atoms with Crippen molar-refractivity contribution in [2.24, 2.45) is 5.92 Å². The van der Waals surface area contributed by atoms with E-state index in [-0.39, 0.29) is 24.3 Å². The predicted octanol–water partition coefficient (Wildman–Crippen LogP) is 5.25. The molecular formula is C24H25N3O3. The van der Waals surface area contributed by atoms with Gasteiger partial charge in [-0.15, -0.1) is 0 Å². The summed E-state index contributed by atoms with van der Waals surface area (Å²) in [6.07, 6.45) is 0.760. The summed E-state index contributed by atoms with van der Waals surface area (Å²) in [6, 6.07) is 20.5. The molecule has 154 valence electrons. The van der Waals surface area contributed by atoms with Crippen LogP contribution in [0.5, 0.6) is 5.75 Å². The number of carbonyl (C=O) groups is 1. The van der Waals surface area contributed by atoms with E-state index in [4.69, 9.17) is 9.15 Å². The zero-order valence-electron chi connectivity index (χ0n) is 17.1. The van der Waals surface area contributed by atoms with E-state index in [9.17, 15) is 4.79 Å². The van der Waals surface area contributed by atoms with Crippen molar-refractivity contribution in [3.8, 4) is 5.75 Å². The molecule has 1 atom stereocenters. The van der Waals surface area contributed by atoms with E-state index in [2.05, 4.69) is 29.1 Å². The zero-order valence-corrected chi connectivity index (χ0v) is 17.1. The van der Waals surface area contributed by atoms with E-state index in [1.54, 1.807) is 12.1 Å². The van der Waals surface area contributed by atoms with Crippen LogP contribution in [0.15, 0.2) is 71.1 Å². The number of amides is 1. The highest BCUT2D eigenvalue weighted by atomic mass is 16.5. The van der Waals surface area contributed by atoms with Crippen molar-refractivity contribution in [1.82, 2.24) is 15.3 Å². The van der Waals surface area contributed by atoms with Gasteiger partial charge in [-0.1, -0.05) is 44.2 Å². The molecule has 0 fully saturated rings. The molecule has 0 aliphatic heterocycles. The minimum atomic E-state index is -0.271. The van der Waals surface area contributed by atoms with Crippen molar-refractivity contribution in [1.29, 1.82) is 0 Å². The van der Waals surface area contributed by atoms with Gasteiger partial charge in [-0.05, 0) is 48.7 Å². The van der Waals surface area contributed by atoms with E-state index in [1.807, 2.05) is 54.6 Å². The summed E-state index contributed by atoms with van der Waals surface area (Å²) in [6.45, 7) is 4.50. The maximum Gasteiger partial charge on any atom is 0.287 e. The number of benzene rings is 2. The van der Waals surface area contributed by atoms with Crippen LogP contribution in [0, 0.1) is 5.92 Å². The monoisotopic (exact) mass is 403 g/mol. The average molecular weight is 403 g/mol. The second-order valence-electron chi connectivity index (χ2n) is 7.66. The number of fused-ring (bicyclic) bond motifs is 1. The fourth-order valence-electron chi connectivity index (χ4n) is 3.33. The van der Waals surface area contributed by atoms with Crippen LogP contribution in [-0.2, 0) is 6.61 Å². The Hall–Kier alpha value is -3.54. The molecule has 2 aromatic carbocycles. The predicted molar refractivity (Wildman–Crippen MR) is 115 cm³/mol. The Morgan fingerprint density at radius 2 is 1.83 bits per heavy atom. The summed E-state index contributed by atoms with van der Waals surface area (Å²) < 4.78 is 11.4. The third-order valence-corrected chi connectivity index (χ3v) is 4.76. The van der Waals surface area contributed by atoms with Crippen LogP contribution in [0.4, 0.5) is 0 Å². The molecular weight excluding hydrogens is 378 g/mol. The summed E-state index contributed by atoms with van der Waals surface area (Å²) in [5, 5.41) is 3.06. The van der Waals surface area contributed by atoms with Gasteiger partial charge in [0.05, 0.1) is 17.1 Å². The number of nitrogens with one attached hydrogen (secondary N) is 2. The highest BCUT2D eigenvalue weighted by molar-refractivity contribution is 5.91. The third-order valence-electron chi connectivity index (χ3n) is 4.76. The van der Waals surface area contributed by atoms with Crippen LogP contribution < -0.4 is 10.1 Å². The van der Waals surface area contributed by atoms with Crippen molar-refractivity contribution in [2.45, 2.75) is 32.9 Å². The summed E-state index contributed by atoms with van der Waals surface area (Å²) in [5.74, 6) is 2.46. The maximum atomic E-state index is 12.8. The molecule has 0 aliphatic carbocycles. The molecule has 4 aromatic rings. The Kier molecular flexibility index (Phi) is 5.84. The van der Waals surface area contributed by atoms with E-state index in [1.165, 1.54) is 0 Å². The van der Waals surface area contributed by atoms with Gasteiger partial charge >= 0.3 is 0 Å². The average Bonchev–Trinajstić information content (AvgIpc) is 3.39. The smallest absolute Gasteiger partial charge is 0.287 e. The highest BCUT2D eigenvalue weighted by Crippen LogP contribution is 2.23. The summed E-state index contributed by atoms with van der Waals surface area (Å²) in [4.78, 5) is 20.8. The van der Waals surface area contributed by atoms with Gasteiger partial charge < -0.3 is 19.5 Å². The Balaban J connectivity index is 1.45. The van der Waals surface area contributed by atoms with E-state index < -0.39 is 0 Å². The molecule has 0 spiro atoms. The van der Waals surface area contributed by atoms with Gasteiger partial charge in [-0.3, -0.25) is 4.79 Å². The van der Waals surface area contributed by atoms with Gasteiger partial charge in [-0.2, -0.15) is 0 Å². The molecule has 30 heavy (non-hydrogen) atoms. The van der Waals surface area contributed by atoms with Crippen molar-refractivity contribution < 1.29 is 13.9 Å². The van der Waals surface area contributed by atoms with Crippen molar-refractivity contribution in [2.75, 3.05) is 0 Å². The van der Waals surface area contributed by atoms with Gasteiger partial charge in [0.25, 0.3) is 5.91 Å². The maximum absolute atomic E-state index is 12.8. The van der Waals surface area contributed by atoms with Crippen LogP contribution in [-0.4, -0.2) is 15.9 Å². The fourth-order valence-corrected chi connectivity index (χ4v) is 3.33. The van der Waals surface area contributed by atoms with Crippen molar-refractivity contribution in [3.63, 3.8) is 0 Å². The molecule has 0 radical (unpaired) electrons. The number of nitrogens with zero attached hydrogens (tertiary/aromatic N) is 1. The topological polar surface area (TPSA) is 80.2 Å². The number of carbonyl (C=O) groups excluding carboxylic acids is 1. The number of imidazole rings is 1. The van der Waals surface area contributed by atoms with Crippen molar-refractivity contribution >= 4 is 16.9 Å². The number of rotatable bonds is 8. The summed E-state index contributed by atoms with van der Waals surface area (Å²) in [7, 11) is 0. The van der Waals surface area contributed by atoms with Gasteiger partial charge in [-0.25, -0.2) is 4.98 Å². The normalized spacial score (nSPS) is 12.2. The summed E-state index contributed by atoms with van der Waals surface area (Å²) >= 11 is 0. The van der Waals surface area contributed by atoms with Crippen LogP contribution in [0.3, 0.4) is 0 Å². The minimum Gasteiger partial charge on any atom is -0.486 e. The molecule has 0 bridgehead atoms. The van der Waals surface area contributed by atoms with E-state index >= 15 is 0 Å². The largest absolute Gasteiger partial charge is 0.486 e. The third kappa shape index (κ3) is 4.71. The number of aromatic amines is 1. The number of hydrogen-bond acceptors (Lipinski definition) is 4.